The molecule has 0 bridgehead atoms. The Bertz CT molecular complexity index is 921. The largest absolute Gasteiger partial charge is 0.477 e. The molecule has 106 valence electrons. The van der Waals surface area contributed by atoms with Crippen LogP contribution in [0.15, 0.2) is 41.3 Å². The van der Waals surface area contributed by atoms with Gasteiger partial charge in [-0.05, 0) is 47.2 Å². The van der Waals surface area contributed by atoms with E-state index in [9.17, 15) is 14.7 Å². The van der Waals surface area contributed by atoms with Gasteiger partial charge in [0, 0.05) is 24.0 Å². The van der Waals surface area contributed by atoms with Crippen LogP contribution in [-0.4, -0.2) is 15.6 Å². The van der Waals surface area contributed by atoms with E-state index in [1.54, 1.807) is 19.3 Å². The maximum absolute atomic E-state index is 11.4. The van der Waals surface area contributed by atoms with E-state index in [1.807, 2.05) is 25.1 Å². The topological polar surface area (TPSA) is 59.3 Å². The number of thiophene rings is 1. The first-order chi connectivity index (χ1) is 9.97. The first-order valence-electron chi connectivity index (χ1n) is 6.41. The van der Waals surface area contributed by atoms with E-state index in [-0.39, 0.29) is 5.56 Å². The van der Waals surface area contributed by atoms with Crippen LogP contribution in [-0.2, 0) is 7.05 Å². The zero-order valence-corrected chi connectivity index (χ0v) is 12.4. The van der Waals surface area contributed by atoms with Crippen molar-refractivity contribution in [3.63, 3.8) is 0 Å². The molecule has 0 aliphatic carbocycles. The minimum Gasteiger partial charge on any atom is -0.477 e. The van der Waals surface area contributed by atoms with Gasteiger partial charge < -0.3 is 9.67 Å². The first-order valence-corrected chi connectivity index (χ1v) is 7.22. The summed E-state index contributed by atoms with van der Waals surface area (Å²) >= 11 is 1.29. The molecule has 4 nitrogen and oxygen atoms in total. The highest BCUT2D eigenvalue weighted by Crippen LogP contribution is 2.33. The smallest absolute Gasteiger partial charge is 0.346 e. The molecule has 0 fully saturated rings. The molecular formula is C16H13NO3S. The van der Waals surface area contributed by atoms with Gasteiger partial charge in [-0.25, -0.2) is 4.79 Å². The number of aromatic carboxylic acids is 1. The quantitative estimate of drug-likeness (QED) is 0.790. The van der Waals surface area contributed by atoms with Crippen molar-refractivity contribution in [2.75, 3.05) is 0 Å². The van der Waals surface area contributed by atoms with E-state index in [4.69, 9.17) is 0 Å². The molecule has 0 amide bonds. The van der Waals surface area contributed by atoms with E-state index < -0.39 is 5.97 Å². The predicted molar refractivity (Wildman–Crippen MR) is 84.2 cm³/mol. The number of aromatic nitrogens is 1. The molecule has 5 heteroatoms. The van der Waals surface area contributed by atoms with Gasteiger partial charge in [0.1, 0.15) is 4.88 Å². The molecule has 0 unspecified atom stereocenters. The van der Waals surface area contributed by atoms with Crippen molar-refractivity contribution < 1.29 is 9.90 Å². The molecule has 0 aliphatic rings. The molecule has 3 aromatic rings. The Morgan fingerprint density at radius 1 is 1.19 bits per heavy atom. The summed E-state index contributed by atoms with van der Waals surface area (Å²) in [5, 5.41) is 10.1. The molecule has 0 saturated carbocycles. The number of nitrogens with zero attached hydrogens (tertiary/aromatic N) is 1. The normalized spacial score (nSPS) is 11.0. The van der Waals surface area contributed by atoms with Crippen molar-refractivity contribution in [2.24, 2.45) is 7.05 Å². The number of benzene rings is 1. The maximum atomic E-state index is 11.4. The van der Waals surface area contributed by atoms with Crippen LogP contribution in [0.3, 0.4) is 0 Å². The van der Waals surface area contributed by atoms with Crippen molar-refractivity contribution in [1.82, 2.24) is 4.57 Å². The van der Waals surface area contributed by atoms with Crippen molar-refractivity contribution in [2.45, 2.75) is 6.92 Å². The lowest BCUT2D eigenvalue weighted by molar-refractivity contribution is 0.0701. The Kier molecular flexibility index (Phi) is 3.14. The van der Waals surface area contributed by atoms with E-state index in [0.29, 0.717) is 4.88 Å². The minimum atomic E-state index is -0.891. The van der Waals surface area contributed by atoms with E-state index >= 15 is 0 Å². The number of aryl methyl sites for hydroxylation is 2. The van der Waals surface area contributed by atoms with Crippen LogP contribution < -0.4 is 5.56 Å². The molecule has 0 aliphatic heterocycles. The Morgan fingerprint density at radius 2 is 1.90 bits per heavy atom. The molecule has 2 heterocycles. The number of carboxylic acids is 1. The zero-order valence-electron chi connectivity index (χ0n) is 11.6. The zero-order chi connectivity index (χ0) is 15.1. The molecule has 3 rings (SSSR count). The van der Waals surface area contributed by atoms with Gasteiger partial charge in [-0.3, -0.25) is 4.79 Å². The number of carboxylic acid groups (broad SMARTS) is 1. The summed E-state index contributed by atoms with van der Waals surface area (Å²) in [6.07, 6.45) is 1.78. The molecule has 1 aromatic carbocycles. The molecule has 0 spiro atoms. The lowest BCUT2D eigenvalue weighted by Crippen LogP contribution is -2.13. The van der Waals surface area contributed by atoms with Gasteiger partial charge in [-0.2, -0.15) is 0 Å². The SMILES string of the molecule is Cc1c(C(=O)O)sc2ccc(-c3ccc(=O)n(C)c3)cc12. The van der Waals surface area contributed by atoms with Crippen LogP contribution in [0.2, 0.25) is 0 Å². The van der Waals surface area contributed by atoms with Crippen LogP contribution in [0.4, 0.5) is 0 Å². The summed E-state index contributed by atoms with van der Waals surface area (Å²) in [6, 6.07) is 9.17. The highest BCUT2D eigenvalue weighted by molar-refractivity contribution is 7.21. The van der Waals surface area contributed by atoms with Gasteiger partial charge >= 0.3 is 5.97 Å². The second-order valence-corrected chi connectivity index (χ2v) is 5.99. The lowest BCUT2D eigenvalue weighted by atomic mass is 10.0. The molecule has 2 aromatic heterocycles. The van der Waals surface area contributed by atoms with E-state index in [0.717, 1.165) is 26.8 Å². The fraction of sp³-hybridized carbons (Fsp3) is 0.125. The molecule has 0 saturated heterocycles. The maximum Gasteiger partial charge on any atom is 0.346 e. The Labute approximate surface area is 124 Å². The summed E-state index contributed by atoms with van der Waals surface area (Å²) in [7, 11) is 1.71. The standard InChI is InChI=1S/C16H13NO3S/c1-9-12-7-10(11-4-6-14(18)17(2)8-11)3-5-13(12)21-15(9)16(19)20/h3-8H,1-2H3,(H,19,20). The Hall–Kier alpha value is -2.40. The Balaban J connectivity index is 2.20. The third kappa shape index (κ3) is 2.25. The highest BCUT2D eigenvalue weighted by Gasteiger charge is 2.14. The predicted octanol–water partition coefficient (Wildman–Crippen LogP) is 3.27. The van der Waals surface area contributed by atoms with Crippen LogP contribution in [0.1, 0.15) is 15.2 Å². The summed E-state index contributed by atoms with van der Waals surface area (Å²) in [6.45, 7) is 1.83. The number of carbonyl (C=O) groups is 1. The fourth-order valence-electron chi connectivity index (χ4n) is 2.37. The van der Waals surface area contributed by atoms with Crippen LogP contribution in [0.25, 0.3) is 21.2 Å². The van der Waals surface area contributed by atoms with Crippen LogP contribution in [0, 0.1) is 6.92 Å². The third-order valence-electron chi connectivity index (χ3n) is 3.55. The summed E-state index contributed by atoms with van der Waals surface area (Å²) < 4.78 is 2.49. The van der Waals surface area contributed by atoms with E-state index in [2.05, 4.69) is 0 Å². The number of rotatable bonds is 2. The van der Waals surface area contributed by atoms with E-state index in [1.165, 1.54) is 22.0 Å². The first kappa shape index (κ1) is 13.6. The molecule has 21 heavy (non-hydrogen) atoms. The number of fused-ring (bicyclic) bond motifs is 1. The van der Waals surface area contributed by atoms with Crippen LogP contribution >= 0.6 is 11.3 Å². The summed E-state index contributed by atoms with van der Waals surface area (Å²) in [5.74, 6) is -0.891. The Morgan fingerprint density at radius 3 is 2.57 bits per heavy atom. The van der Waals surface area contributed by atoms with Gasteiger partial charge in [0.2, 0.25) is 5.56 Å². The van der Waals surface area contributed by atoms with Gasteiger partial charge in [-0.15, -0.1) is 11.3 Å². The van der Waals surface area contributed by atoms with Crippen molar-refractivity contribution in [3.05, 3.63) is 57.3 Å². The summed E-state index contributed by atoms with van der Waals surface area (Å²) in [5.41, 5.74) is 2.63. The molecule has 0 radical (unpaired) electrons. The summed E-state index contributed by atoms with van der Waals surface area (Å²) in [4.78, 5) is 23.0. The van der Waals surface area contributed by atoms with Gasteiger partial charge in [0.05, 0.1) is 0 Å². The second kappa shape index (κ2) is 4.86. The third-order valence-corrected chi connectivity index (χ3v) is 4.81. The molecule has 0 atom stereocenters. The lowest BCUT2D eigenvalue weighted by Gasteiger charge is -2.04. The minimum absolute atomic E-state index is 0.0558. The van der Waals surface area contributed by atoms with Crippen molar-refractivity contribution in [3.8, 4) is 11.1 Å². The molecule has 1 N–H and O–H groups in total. The molecular weight excluding hydrogens is 286 g/mol. The number of pyridine rings is 1. The monoisotopic (exact) mass is 299 g/mol. The van der Waals surface area contributed by atoms with Crippen molar-refractivity contribution >= 4 is 27.4 Å². The average molecular weight is 299 g/mol. The van der Waals surface area contributed by atoms with Crippen LogP contribution in [0.5, 0.6) is 0 Å². The van der Waals surface area contributed by atoms with Gasteiger partial charge in [0.25, 0.3) is 0 Å². The van der Waals surface area contributed by atoms with Gasteiger partial charge in [0.15, 0.2) is 0 Å². The van der Waals surface area contributed by atoms with Crippen molar-refractivity contribution in [1.29, 1.82) is 0 Å². The fourth-order valence-corrected chi connectivity index (χ4v) is 3.40. The number of hydrogen-bond acceptors (Lipinski definition) is 3. The highest BCUT2D eigenvalue weighted by atomic mass is 32.1. The van der Waals surface area contributed by atoms with Gasteiger partial charge in [-0.1, -0.05) is 6.07 Å². The number of hydrogen-bond donors (Lipinski definition) is 1. The second-order valence-electron chi connectivity index (χ2n) is 4.94. The average Bonchev–Trinajstić information content (AvgIpc) is 2.79.